The monoisotopic (exact) mass is 229 g/mol. The molecule has 90 valence electrons. The normalized spacial score (nSPS) is 17.0. The van der Waals surface area contributed by atoms with Crippen molar-refractivity contribution in [3.63, 3.8) is 0 Å². The molecule has 3 heteroatoms. The van der Waals surface area contributed by atoms with Crippen LogP contribution in [0.5, 0.6) is 0 Å². The van der Waals surface area contributed by atoms with Gasteiger partial charge in [-0.3, -0.25) is 0 Å². The number of benzene rings is 1. The Labute approximate surface area is 102 Å². The Balaban J connectivity index is 1.74. The van der Waals surface area contributed by atoms with Crippen molar-refractivity contribution in [1.82, 2.24) is 14.9 Å². The van der Waals surface area contributed by atoms with Crippen molar-refractivity contribution in [3.8, 4) is 0 Å². The fraction of sp³-hybridized carbons (Fsp3) is 0.500. The number of hydrogen-bond acceptors (Lipinski definition) is 2. The van der Waals surface area contributed by atoms with Gasteiger partial charge in [0.25, 0.3) is 0 Å². The first-order chi connectivity index (χ1) is 8.33. The Hall–Kier alpha value is -1.35. The van der Waals surface area contributed by atoms with E-state index in [0.717, 1.165) is 24.3 Å². The van der Waals surface area contributed by atoms with Gasteiger partial charge in [0.1, 0.15) is 5.82 Å². The van der Waals surface area contributed by atoms with Crippen molar-refractivity contribution in [2.45, 2.75) is 26.2 Å². The van der Waals surface area contributed by atoms with Crippen molar-refractivity contribution in [2.24, 2.45) is 0 Å². The lowest BCUT2D eigenvalue weighted by Crippen LogP contribution is -2.22. The first-order valence-corrected chi connectivity index (χ1v) is 6.49. The number of rotatable bonds is 3. The highest BCUT2D eigenvalue weighted by Gasteiger charge is 2.12. The fourth-order valence-corrected chi connectivity index (χ4v) is 2.62. The Morgan fingerprint density at radius 1 is 1.29 bits per heavy atom. The van der Waals surface area contributed by atoms with Crippen LogP contribution in [-0.4, -0.2) is 34.5 Å². The zero-order valence-electron chi connectivity index (χ0n) is 10.4. The molecule has 0 atom stereocenters. The molecule has 0 unspecified atom stereocenters. The van der Waals surface area contributed by atoms with E-state index in [9.17, 15) is 0 Å². The molecule has 0 spiro atoms. The highest BCUT2D eigenvalue weighted by atomic mass is 15.1. The molecule has 0 bridgehead atoms. The molecule has 1 N–H and O–H groups in total. The first kappa shape index (κ1) is 10.8. The minimum Gasteiger partial charge on any atom is -0.342 e. The van der Waals surface area contributed by atoms with Gasteiger partial charge in [0.15, 0.2) is 0 Å². The molecule has 1 aliphatic rings. The van der Waals surface area contributed by atoms with E-state index < -0.39 is 0 Å². The number of nitrogens with one attached hydrogen (secondary N) is 1. The lowest BCUT2D eigenvalue weighted by molar-refractivity contribution is 0.341. The van der Waals surface area contributed by atoms with Gasteiger partial charge in [0.2, 0.25) is 0 Å². The quantitative estimate of drug-likeness (QED) is 0.877. The van der Waals surface area contributed by atoms with Gasteiger partial charge >= 0.3 is 0 Å². The van der Waals surface area contributed by atoms with Crippen LogP contribution in [0.2, 0.25) is 0 Å². The van der Waals surface area contributed by atoms with Gasteiger partial charge in [-0.1, -0.05) is 12.1 Å². The molecule has 2 aromatic rings. The van der Waals surface area contributed by atoms with E-state index in [4.69, 9.17) is 4.98 Å². The Morgan fingerprint density at radius 2 is 2.12 bits per heavy atom. The summed E-state index contributed by atoms with van der Waals surface area (Å²) in [7, 11) is 0. The Morgan fingerprint density at radius 3 is 2.88 bits per heavy atom. The summed E-state index contributed by atoms with van der Waals surface area (Å²) < 4.78 is 0. The van der Waals surface area contributed by atoms with Gasteiger partial charge < -0.3 is 9.88 Å². The third-order valence-electron chi connectivity index (χ3n) is 3.63. The van der Waals surface area contributed by atoms with E-state index in [1.807, 2.05) is 0 Å². The summed E-state index contributed by atoms with van der Waals surface area (Å²) in [4.78, 5) is 10.6. The second-order valence-electron chi connectivity index (χ2n) is 4.95. The summed E-state index contributed by atoms with van der Waals surface area (Å²) in [5.41, 5.74) is 3.55. The van der Waals surface area contributed by atoms with Crippen LogP contribution < -0.4 is 0 Å². The fourth-order valence-electron chi connectivity index (χ4n) is 2.62. The van der Waals surface area contributed by atoms with Gasteiger partial charge in [-0.2, -0.15) is 0 Å². The summed E-state index contributed by atoms with van der Waals surface area (Å²) in [5.74, 6) is 1.13. The minimum absolute atomic E-state index is 1.04. The third kappa shape index (κ3) is 2.20. The SMILES string of the molecule is Cc1cccc2[nH]c(CCN3CCCC3)nc12. The molecule has 17 heavy (non-hydrogen) atoms. The third-order valence-corrected chi connectivity index (χ3v) is 3.63. The zero-order valence-corrected chi connectivity index (χ0v) is 10.4. The van der Waals surface area contributed by atoms with Crippen LogP contribution in [0.1, 0.15) is 24.2 Å². The number of likely N-dealkylation sites (tertiary alicyclic amines) is 1. The van der Waals surface area contributed by atoms with Crippen LogP contribution in [0.25, 0.3) is 11.0 Å². The summed E-state index contributed by atoms with van der Waals surface area (Å²) in [6.45, 7) is 5.78. The minimum atomic E-state index is 1.04. The maximum Gasteiger partial charge on any atom is 0.108 e. The van der Waals surface area contributed by atoms with Crippen LogP contribution in [0.4, 0.5) is 0 Å². The number of nitrogens with zero attached hydrogens (tertiary/aromatic N) is 2. The van der Waals surface area contributed by atoms with Gasteiger partial charge in [0, 0.05) is 13.0 Å². The molecule has 0 radical (unpaired) electrons. The number of imidazole rings is 1. The molecule has 1 aliphatic heterocycles. The summed E-state index contributed by atoms with van der Waals surface area (Å²) in [5, 5.41) is 0. The lowest BCUT2D eigenvalue weighted by atomic mass is 10.2. The molecule has 1 aromatic carbocycles. The molecule has 3 rings (SSSR count). The molecule has 0 saturated carbocycles. The number of hydrogen-bond donors (Lipinski definition) is 1. The van der Waals surface area contributed by atoms with E-state index in [1.54, 1.807) is 0 Å². The van der Waals surface area contributed by atoms with Crippen LogP contribution in [0.3, 0.4) is 0 Å². The van der Waals surface area contributed by atoms with E-state index in [2.05, 4.69) is 35.0 Å². The van der Waals surface area contributed by atoms with Crippen molar-refractivity contribution in [1.29, 1.82) is 0 Å². The lowest BCUT2D eigenvalue weighted by Gasteiger charge is -2.12. The molecule has 2 heterocycles. The molecule has 1 aromatic heterocycles. The zero-order chi connectivity index (χ0) is 11.7. The van der Waals surface area contributed by atoms with Crippen LogP contribution >= 0.6 is 0 Å². The van der Waals surface area contributed by atoms with Gasteiger partial charge in [-0.15, -0.1) is 0 Å². The van der Waals surface area contributed by atoms with Crippen molar-refractivity contribution in [3.05, 3.63) is 29.6 Å². The molecular weight excluding hydrogens is 210 g/mol. The average molecular weight is 229 g/mol. The molecule has 1 fully saturated rings. The van der Waals surface area contributed by atoms with Gasteiger partial charge in [-0.25, -0.2) is 4.98 Å². The maximum atomic E-state index is 4.69. The van der Waals surface area contributed by atoms with Crippen molar-refractivity contribution in [2.75, 3.05) is 19.6 Å². The van der Waals surface area contributed by atoms with Crippen molar-refractivity contribution >= 4 is 11.0 Å². The largest absolute Gasteiger partial charge is 0.342 e. The number of aryl methyl sites for hydroxylation is 1. The van der Waals surface area contributed by atoms with E-state index in [0.29, 0.717) is 0 Å². The summed E-state index contributed by atoms with van der Waals surface area (Å²) in [6.07, 6.45) is 3.76. The van der Waals surface area contributed by atoms with Crippen LogP contribution in [0, 0.1) is 6.92 Å². The summed E-state index contributed by atoms with van der Waals surface area (Å²) >= 11 is 0. The number of aromatic amines is 1. The smallest absolute Gasteiger partial charge is 0.108 e. The topological polar surface area (TPSA) is 31.9 Å². The van der Waals surface area contributed by atoms with Crippen LogP contribution in [0.15, 0.2) is 18.2 Å². The first-order valence-electron chi connectivity index (χ1n) is 6.49. The standard InChI is InChI=1S/C14H19N3/c1-11-5-4-6-12-14(11)16-13(15-12)7-10-17-8-2-3-9-17/h4-6H,2-3,7-10H2,1H3,(H,15,16). The number of para-hydroxylation sites is 1. The molecular formula is C14H19N3. The van der Waals surface area contributed by atoms with Gasteiger partial charge in [0.05, 0.1) is 11.0 Å². The second kappa shape index (κ2) is 4.49. The predicted octanol–water partition coefficient (Wildman–Crippen LogP) is 2.51. The molecule has 0 aliphatic carbocycles. The van der Waals surface area contributed by atoms with E-state index in [-0.39, 0.29) is 0 Å². The van der Waals surface area contributed by atoms with Crippen LogP contribution in [-0.2, 0) is 6.42 Å². The van der Waals surface area contributed by atoms with E-state index in [1.165, 1.54) is 37.0 Å². The Bertz CT molecular complexity index is 509. The van der Waals surface area contributed by atoms with E-state index >= 15 is 0 Å². The number of fused-ring (bicyclic) bond motifs is 1. The molecule has 3 nitrogen and oxygen atoms in total. The maximum absolute atomic E-state index is 4.69. The highest BCUT2D eigenvalue weighted by Crippen LogP contribution is 2.16. The second-order valence-corrected chi connectivity index (χ2v) is 4.95. The molecule has 1 saturated heterocycles. The van der Waals surface area contributed by atoms with Crippen molar-refractivity contribution < 1.29 is 0 Å². The molecule has 0 amide bonds. The Kier molecular flexibility index (Phi) is 2.85. The predicted molar refractivity (Wildman–Crippen MR) is 70.2 cm³/mol. The number of H-pyrrole nitrogens is 1. The number of aromatic nitrogens is 2. The highest BCUT2D eigenvalue weighted by molar-refractivity contribution is 5.78. The average Bonchev–Trinajstić information content (AvgIpc) is 2.95. The van der Waals surface area contributed by atoms with Gasteiger partial charge in [-0.05, 0) is 44.5 Å². The summed E-state index contributed by atoms with van der Waals surface area (Å²) in [6, 6.07) is 6.31.